The molecule has 0 aromatic rings. The zero-order chi connectivity index (χ0) is 8.97. The summed E-state index contributed by atoms with van der Waals surface area (Å²) in [5, 5.41) is 0. The van der Waals surface area contributed by atoms with Gasteiger partial charge in [-0.3, -0.25) is 0 Å². The van der Waals surface area contributed by atoms with E-state index in [1.807, 2.05) is 0 Å². The molecule has 0 N–H and O–H groups in total. The van der Waals surface area contributed by atoms with Crippen LogP contribution in [0.4, 0.5) is 0 Å². The molecule has 4 heteroatoms. The molecule has 0 amide bonds. The normalized spacial score (nSPS) is 14.2. The van der Waals surface area contributed by atoms with E-state index in [1.54, 1.807) is 6.92 Å². The van der Waals surface area contributed by atoms with Gasteiger partial charge in [0.2, 0.25) is 6.79 Å². The Morgan fingerprint density at radius 2 is 2.58 bits per heavy atom. The van der Waals surface area contributed by atoms with Crippen molar-refractivity contribution in [1.82, 2.24) is 0 Å². The standard InChI is InChI=1S/C8H10O4/c1-6(2)8(9)11-4-7-3-10-5-12-7/h3H,1,4-5H2,2H3. The third-order valence-corrected chi connectivity index (χ3v) is 1.22. The first-order valence-corrected chi connectivity index (χ1v) is 3.46. The van der Waals surface area contributed by atoms with E-state index < -0.39 is 5.97 Å². The number of carbonyl (C=O) groups excluding carboxylic acids is 1. The van der Waals surface area contributed by atoms with Gasteiger partial charge >= 0.3 is 5.97 Å². The van der Waals surface area contributed by atoms with E-state index in [-0.39, 0.29) is 13.4 Å². The van der Waals surface area contributed by atoms with Crippen LogP contribution in [0.1, 0.15) is 6.92 Å². The molecule has 0 bridgehead atoms. The highest BCUT2D eigenvalue weighted by molar-refractivity contribution is 5.86. The number of hydrogen-bond donors (Lipinski definition) is 0. The summed E-state index contributed by atoms with van der Waals surface area (Å²) in [5.74, 6) is 0.0935. The molecule has 4 nitrogen and oxygen atoms in total. The number of esters is 1. The van der Waals surface area contributed by atoms with Crippen molar-refractivity contribution in [2.75, 3.05) is 13.4 Å². The third-order valence-electron chi connectivity index (χ3n) is 1.22. The van der Waals surface area contributed by atoms with Gasteiger partial charge in [-0.2, -0.15) is 0 Å². The Labute approximate surface area is 70.4 Å². The molecule has 0 unspecified atom stereocenters. The predicted molar refractivity (Wildman–Crippen MR) is 40.9 cm³/mol. The molecule has 12 heavy (non-hydrogen) atoms. The Kier molecular flexibility index (Phi) is 2.74. The highest BCUT2D eigenvalue weighted by Gasteiger charge is 2.09. The van der Waals surface area contributed by atoms with E-state index in [0.717, 1.165) is 0 Å². The van der Waals surface area contributed by atoms with Crippen molar-refractivity contribution < 1.29 is 19.0 Å². The first kappa shape index (κ1) is 8.64. The maximum Gasteiger partial charge on any atom is 0.333 e. The molecule has 1 aliphatic rings. The van der Waals surface area contributed by atoms with Gasteiger partial charge in [0, 0.05) is 5.57 Å². The first-order valence-electron chi connectivity index (χ1n) is 3.46. The summed E-state index contributed by atoms with van der Waals surface area (Å²) in [6.07, 6.45) is 1.42. The maximum absolute atomic E-state index is 10.9. The first-order chi connectivity index (χ1) is 5.70. The van der Waals surface area contributed by atoms with Crippen molar-refractivity contribution in [2.45, 2.75) is 6.92 Å². The molecule has 0 radical (unpaired) electrons. The lowest BCUT2D eigenvalue weighted by molar-refractivity contribution is -0.138. The van der Waals surface area contributed by atoms with Crippen LogP contribution in [-0.4, -0.2) is 19.4 Å². The summed E-state index contributed by atoms with van der Waals surface area (Å²) >= 11 is 0. The minimum absolute atomic E-state index is 0.103. The minimum atomic E-state index is -0.425. The molecular formula is C8H10O4. The van der Waals surface area contributed by atoms with E-state index >= 15 is 0 Å². The lowest BCUT2D eigenvalue weighted by atomic mass is 10.4. The second-order valence-electron chi connectivity index (χ2n) is 2.37. The molecule has 1 rings (SSSR count). The van der Waals surface area contributed by atoms with Crippen molar-refractivity contribution in [2.24, 2.45) is 0 Å². The van der Waals surface area contributed by atoms with Gasteiger partial charge in [0.05, 0.1) is 0 Å². The highest BCUT2D eigenvalue weighted by Crippen LogP contribution is 2.07. The van der Waals surface area contributed by atoms with Crippen LogP contribution in [0.3, 0.4) is 0 Å². The molecule has 0 aliphatic carbocycles. The lowest BCUT2D eigenvalue weighted by Gasteiger charge is -2.02. The molecule has 0 saturated heterocycles. The third kappa shape index (κ3) is 2.30. The van der Waals surface area contributed by atoms with Crippen molar-refractivity contribution in [1.29, 1.82) is 0 Å². The molecule has 0 aromatic carbocycles. The number of carbonyl (C=O) groups is 1. The molecule has 0 atom stereocenters. The summed E-state index contributed by atoms with van der Waals surface area (Å²) in [5.41, 5.74) is 0.370. The molecule has 66 valence electrons. The van der Waals surface area contributed by atoms with Crippen LogP contribution in [0.5, 0.6) is 0 Å². The molecule has 0 saturated carbocycles. The number of ether oxygens (including phenoxy) is 3. The van der Waals surface area contributed by atoms with Crippen LogP contribution in [-0.2, 0) is 19.0 Å². The summed E-state index contributed by atoms with van der Waals surface area (Å²) in [4.78, 5) is 10.9. The van der Waals surface area contributed by atoms with Crippen LogP contribution < -0.4 is 0 Å². The van der Waals surface area contributed by atoms with Crippen LogP contribution in [0.2, 0.25) is 0 Å². The van der Waals surface area contributed by atoms with E-state index in [2.05, 4.69) is 6.58 Å². The second kappa shape index (κ2) is 3.80. The summed E-state index contributed by atoms with van der Waals surface area (Å²) in [6.45, 7) is 5.32. The Morgan fingerprint density at radius 1 is 1.83 bits per heavy atom. The molecular weight excluding hydrogens is 160 g/mol. The lowest BCUT2D eigenvalue weighted by Crippen LogP contribution is -2.08. The second-order valence-corrected chi connectivity index (χ2v) is 2.37. The molecule has 0 fully saturated rings. The summed E-state index contributed by atoms with van der Waals surface area (Å²) in [7, 11) is 0. The van der Waals surface area contributed by atoms with Gasteiger partial charge < -0.3 is 14.2 Å². The van der Waals surface area contributed by atoms with E-state index in [9.17, 15) is 4.79 Å². The van der Waals surface area contributed by atoms with Gasteiger partial charge in [0.15, 0.2) is 12.4 Å². The fourth-order valence-corrected chi connectivity index (χ4v) is 0.606. The Balaban J connectivity index is 2.25. The van der Waals surface area contributed by atoms with E-state index in [1.165, 1.54) is 6.26 Å². The predicted octanol–water partition coefficient (Wildman–Crippen LogP) is 0.951. The SMILES string of the molecule is C=C(C)C(=O)OCC1=COCO1. The van der Waals surface area contributed by atoms with Crippen molar-refractivity contribution in [3.05, 3.63) is 24.2 Å². The van der Waals surface area contributed by atoms with Gasteiger partial charge in [0.25, 0.3) is 0 Å². The molecule has 0 spiro atoms. The topological polar surface area (TPSA) is 44.8 Å². The van der Waals surface area contributed by atoms with Gasteiger partial charge in [-0.05, 0) is 6.92 Å². The Hall–Kier alpha value is -1.45. The van der Waals surface area contributed by atoms with E-state index in [0.29, 0.717) is 11.3 Å². The zero-order valence-electron chi connectivity index (χ0n) is 6.83. The highest BCUT2D eigenvalue weighted by atomic mass is 16.7. The average Bonchev–Trinajstić information content (AvgIpc) is 2.51. The van der Waals surface area contributed by atoms with Gasteiger partial charge in [-0.15, -0.1) is 0 Å². The fourth-order valence-electron chi connectivity index (χ4n) is 0.606. The number of rotatable bonds is 3. The van der Waals surface area contributed by atoms with Crippen molar-refractivity contribution >= 4 is 5.97 Å². The van der Waals surface area contributed by atoms with Crippen LogP contribution in [0.25, 0.3) is 0 Å². The fraction of sp³-hybridized carbons (Fsp3) is 0.375. The molecule has 0 aromatic heterocycles. The maximum atomic E-state index is 10.9. The Morgan fingerprint density at radius 3 is 3.08 bits per heavy atom. The van der Waals surface area contributed by atoms with Gasteiger partial charge in [0.1, 0.15) is 6.26 Å². The quantitative estimate of drug-likeness (QED) is 0.467. The van der Waals surface area contributed by atoms with Crippen LogP contribution in [0, 0.1) is 0 Å². The monoisotopic (exact) mass is 170 g/mol. The van der Waals surface area contributed by atoms with Crippen LogP contribution >= 0.6 is 0 Å². The summed E-state index contributed by atoms with van der Waals surface area (Å²) < 4.78 is 14.4. The molecule has 1 heterocycles. The van der Waals surface area contributed by atoms with Gasteiger partial charge in [-0.1, -0.05) is 6.58 Å². The van der Waals surface area contributed by atoms with E-state index in [4.69, 9.17) is 14.2 Å². The van der Waals surface area contributed by atoms with Gasteiger partial charge in [-0.25, -0.2) is 4.79 Å². The summed E-state index contributed by atoms with van der Waals surface area (Å²) in [6, 6.07) is 0. The smallest absolute Gasteiger partial charge is 0.333 e. The van der Waals surface area contributed by atoms with Crippen LogP contribution in [0.15, 0.2) is 24.2 Å². The van der Waals surface area contributed by atoms with Crippen molar-refractivity contribution in [3.63, 3.8) is 0 Å². The Bertz CT molecular complexity index is 227. The molecule has 1 aliphatic heterocycles. The number of hydrogen-bond acceptors (Lipinski definition) is 4. The zero-order valence-corrected chi connectivity index (χ0v) is 6.83. The van der Waals surface area contributed by atoms with Crippen molar-refractivity contribution in [3.8, 4) is 0 Å². The minimum Gasteiger partial charge on any atom is -0.461 e. The average molecular weight is 170 g/mol. The largest absolute Gasteiger partial charge is 0.461 e.